The van der Waals surface area contributed by atoms with Gasteiger partial charge in [-0.2, -0.15) is 5.10 Å². The first-order chi connectivity index (χ1) is 10.2. The molecule has 0 atom stereocenters. The van der Waals surface area contributed by atoms with Crippen molar-refractivity contribution < 1.29 is 4.63 Å². The monoisotopic (exact) mass is 283 g/mol. The van der Waals surface area contributed by atoms with Crippen LogP contribution in [0.2, 0.25) is 0 Å². The molecule has 0 aliphatic rings. The molecule has 6 heteroatoms. The number of H-pyrrole nitrogens is 1. The molecule has 2 N–H and O–H groups in total. The predicted octanol–water partition coefficient (Wildman–Crippen LogP) is 2.37. The summed E-state index contributed by atoms with van der Waals surface area (Å²) in [6.07, 6.45) is 1.84. The molecule has 0 saturated carbocycles. The molecule has 0 aliphatic carbocycles. The van der Waals surface area contributed by atoms with Gasteiger partial charge < -0.3 is 5.32 Å². The van der Waals surface area contributed by atoms with E-state index in [1.807, 2.05) is 13.1 Å². The average molecular weight is 283 g/mol. The van der Waals surface area contributed by atoms with Crippen LogP contribution in [0, 0.1) is 13.8 Å². The molecular formula is C15H17N5O. The van der Waals surface area contributed by atoms with Crippen LogP contribution < -0.4 is 5.32 Å². The maximum Gasteiger partial charge on any atom is 0.121 e. The number of benzene rings is 1. The lowest BCUT2D eigenvalue weighted by molar-refractivity contribution is 0.300. The molecule has 1 aromatic carbocycles. The standard InChI is InChI=1S/C15H17N5O/c1-10-3-5-12(6-4-10)15-13(8-17-18-15)7-16-9-14-11(2)19-21-20-14/h3-6,8,16H,7,9H2,1-2H3,(H,17,18). The van der Waals surface area contributed by atoms with Crippen molar-refractivity contribution in [1.82, 2.24) is 25.8 Å². The maximum absolute atomic E-state index is 4.68. The average Bonchev–Trinajstić information content (AvgIpc) is 3.10. The summed E-state index contributed by atoms with van der Waals surface area (Å²) in [5, 5.41) is 18.1. The predicted molar refractivity (Wildman–Crippen MR) is 78.3 cm³/mol. The molecule has 6 nitrogen and oxygen atoms in total. The molecule has 21 heavy (non-hydrogen) atoms. The van der Waals surface area contributed by atoms with Gasteiger partial charge in [-0.25, -0.2) is 4.63 Å². The lowest BCUT2D eigenvalue weighted by Crippen LogP contribution is -2.13. The summed E-state index contributed by atoms with van der Waals surface area (Å²) < 4.78 is 4.68. The number of nitrogens with zero attached hydrogens (tertiary/aromatic N) is 3. The number of aromatic nitrogens is 4. The van der Waals surface area contributed by atoms with Crippen molar-refractivity contribution in [2.24, 2.45) is 0 Å². The Balaban J connectivity index is 1.68. The fourth-order valence-corrected chi connectivity index (χ4v) is 2.14. The summed E-state index contributed by atoms with van der Waals surface area (Å²) in [6.45, 7) is 5.27. The Morgan fingerprint density at radius 1 is 1.10 bits per heavy atom. The van der Waals surface area contributed by atoms with E-state index in [9.17, 15) is 0 Å². The lowest BCUT2D eigenvalue weighted by Gasteiger charge is -2.05. The highest BCUT2D eigenvalue weighted by Crippen LogP contribution is 2.21. The zero-order valence-corrected chi connectivity index (χ0v) is 12.1. The third-order valence-corrected chi connectivity index (χ3v) is 3.41. The topological polar surface area (TPSA) is 79.6 Å². The molecule has 0 unspecified atom stereocenters. The molecule has 108 valence electrons. The number of nitrogens with one attached hydrogen (secondary N) is 2. The second kappa shape index (κ2) is 5.88. The third-order valence-electron chi connectivity index (χ3n) is 3.41. The van der Waals surface area contributed by atoms with Gasteiger partial charge in [-0.3, -0.25) is 5.10 Å². The van der Waals surface area contributed by atoms with Gasteiger partial charge in [0.25, 0.3) is 0 Å². The molecule has 2 heterocycles. The summed E-state index contributed by atoms with van der Waals surface area (Å²) in [5.74, 6) is 0. The Morgan fingerprint density at radius 3 is 2.62 bits per heavy atom. The van der Waals surface area contributed by atoms with E-state index in [-0.39, 0.29) is 0 Å². The van der Waals surface area contributed by atoms with Gasteiger partial charge >= 0.3 is 0 Å². The van der Waals surface area contributed by atoms with Crippen LogP contribution in [0.4, 0.5) is 0 Å². The zero-order valence-electron chi connectivity index (χ0n) is 12.1. The molecule has 3 rings (SSSR count). The fourth-order valence-electron chi connectivity index (χ4n) is 2.14. The van der Waals surface area contributed by atoms with Crippen LogP contribution in [0.3, 0.4) is 0 Å². The van der Waals surface area contributed by atoms with Crippen LogP contribution in [-0.4, -0.2) is 20.5 Å². The molecule has 0 radical (unpaired) electrons. The van der Waals surface area contributed by atoms with E-state index in [1.165, 1.54) is 5.56 Å². The van der Waals surface area contributed by atoms with E-state index in [1.54, 1.807) is 0 Å². The second-order valence-electron chi connectivity index (χ2n) is 5.04. The summed E-state index contributed by atoms with van der Waals surface area (Å²) >= 11 is 0. The first-order valence-corrected chi connectivity index (χ1v) is 6.82. The van der Waals surface area contributed by atoms with E-state index in [2.05, 4.69) is 61.6 Å². The van der Waals surface area contributed by atoms with Crippen LogP contribution in [0.1, 0.15) is 22.5 Å². The van der Waals surface area contributed by atoms with Crippen LogP contribution >= 0.6 is 0 Å². The first-order valence-electron chi connectivity index (χ1n) is 6.82. The highest BCUT2D eigenvalue weighted by molar-refractivity contribution is 5.62. The number of hydrogen-bond acceptors (Lipinski definition) is 5. The van der Waals surface area contributed by atoms with Crippen LogP contribution in [-0.2, 0) is 13.1 Å². The molecule has 0 amide bonds. The van der Waals surface area contributed by atoms with Gasteiger partial charge in [0, 0.05) is 18.7 Å². The van der Waals surface area contributed by atoms with Gasteiger partial charge in [0.1, 0.15) is 11.4 Å². The minimum atomic E-state index is 0.619. The van der Waals surface area contributed by atoms with E-state index in [4.69, 9.17) is 0 Å². The summed E-state index contributed by atoms with van der Waals surface area (Å²) in [7, 11) is 0. The Morgan fingerprint density at radius 2 is 1.90 bits per heavy atom. The largest absolute Gasteiger partial charge is 0.307 e. The van der Waals surface area contributed by atoms with Crippen molar-refractivity contribution in [2.45, 2.75) is 26.9 Å². The number of rotatable bonds is 5. The highest BCUT2D eigenvalue weighted by atomic mass is 16.6. The SMILES string of the molecule is Cc1ccc(-c2[nH]ncc2CNCc2nonc2C)cc1. The minimum Gasteiger partial charge on any atom is -0.307 e. The summed E-state index contributed by atoms with van der Waals surface area (Å²) in [4.78, 5) is 0. The van der Waals surface area contributed by atoms with Crippen LogP contribution in [0.5, 0.6) is 0 Å². The molecule has 0 bridgehead atoms. The molecule has 0 spiro atoms. The second-order valence-corrected chi connectivity index (χ2v) is 5.04. The minimum absolute atomic E-state index is 0.619. The van der Waals surface area contributed by atoms with Crippen molar-refractivity contribution in [3.63, 3.8) is 0 Å². The fraction of sp³-hybridized carbons (Fsp3) is 0.267. The van der Waals surface area contributed by atoms with E-state index < -0.39 is 0 Å². The number of aromatic amines is 1. The summed E-state index contributed by atoms with van der Waals surface area (Å²) in [6, 6.07) is 8.38. The van der Waals surface area contributed by atoms with E-state index >= 15 is 0 Å². The molecule has 0 fully saturated rings. The smallest absolute Gasteiger partial charge is 0.121 e. The van der Waals surface area contributed by atoms with Gasteiger partial charge in [0.15, 0.2) is 0 Å². The number of aryl methyl sites for hydroxylation is 2. The number of hydrogen-bond donors (Lipinski definition) is 2. The van der Waals surface area contributed by atoms with Crippen molar-refractivity contribution >= 4 is 0 Å². The molecule has 0 saturated heterocycles. The third kappa shape index (κ3) is 3.00. The molecule has 2 aromatic heterocycles. The van der Waals surface area contributed by atoms with Crippen molar-refractivity contribution in [1.29, 1.82) is 0 Å². The van der Waals surface area contributed by atoms with Gasteiger partial charge in [-0.15, -0.1) is 0 Å². The molecular weight excluding hydrogens is 266 g/mol. The van der Waals surface area contributed by atoms with Gasteiger partial charge in [-0.1, -0.05) is 40.1 Å². The van der Waals surface area contributed by atoms with Crippen molar-refractivity contribution in [3.8, 4) is 11.3 Å². The van der Waals surface area contributed by atoms with Gasteiger partial charge in [0.05, 0.1) is 11.9 Å². The molecule has 3 aromatic rings. The van der Waals surface area contributed by atoms with E-state index in [0.717, 1.165) is 28.2 Å². The Bertz CT molecular complexity index is 714. The normalized spacial score (nSPS) is 11.0. The van der Waals surface area contributed by atoms with Crippen LogP contribution in [0.15, 0.2) is 35.1 Å². The maximum atomic E-state index is 4.68. The van der Waals surface area contributed by atoms with Crippen LogP contribution in [0.25, 0.3) is 11.3 Å². The quantitative estimate of drug-likeness (QED) is 0.751. The van der Waals surface area contributed by atoms with Gasteiger partial charge in [0.2, 0.25) is 0 Å². The first kappa shape index (κ1) is 13.5. The molecule has 0 aliphatic heterocycles. The Kier molecular flexibility index (Phi) is 3.79. The zero-order chi connectivity index (χ0) is 14.7. The Labute approximate surface area is 122 Å². The van der Waals surface area contributed by atoms with Crippen molar-refractivity contribution in [2.75, 3.05) is 0 Å². The Hall–Kier alpha value is -2.47. The van der Waals surface area contributed by atoms with Gasteiger partial charge in [-0.05, 0) is 19.4 Å². The van der Waals surface area contributed by atoms with Crippen molar-refractivity contribution in [3.05, 3.63) is 53.0 Å². The summed E-state index contributed by atoms with van der Waals surface area (Å²) in [5.41, 5.74) is 6.18. The highest BCUT2D eigenvalue weighted by Gasteiger charge is 2.09. The van der Waals surface area contributed by atoms with E-state index in [0.29, 0.717) is 13.1 Å². The lowest BCUT2D eigenvalue weighted by atomic mass is 10.1.